The molecule has 0 aliphatic carbocycles. The number of nitrogens with one attached hydrogen (secondary N) is 1. The normalized spacial score (nSPS) is 15.9. The Bertz CT molecular complexity index is 200. The predicted molar refractivity (Wildman–Crippen MR) is 37.5 cm³/mol. The Balaban J connectivity index is 0.000000810. The zero-order chi connectivity index (χ0) is 6.85. The van der Waals surface area contributed by atoms with Crippen molar-refractivity contribution in [3.05, 3.63) is 11.6 Å². The lowest BCUT2D eigenvalue weighted by atomic mass is 10.3. The molecule has 56 valence electrons. The summed E-state index contributed by atoms with van der Waals surface area (Å²) in [4.78, 5) is 20.9. The quantitative estimate of drug-likeness (QED) is 0.484. The zero-order valence-corrected chi connectivity index (χ0v) is 5.90. The van der Waals surface area contributed by atoms with Crippen molar-refractivity contribution < 1.29 is 9.59 Å². The molecule has 0 bridgehead atoms. The largest absolute Gasteiger partial charge is 0.326 e. The fourth-order valence-corrected chi connectivity index (χ4v) is 0.604. The van der Waals surface area contributed by atoms with E-state index in [-0.39, 0.29) is 30.8 Å². The highest BCUT2D eigenvalue weighted by Crippen LogP contribution is 1.97. The average molecular weight is 163 g/mol. The monoisotopic (exact) mass is 162 g/mol. The second-order valence-corrected chi connectivity index (χ2v) is 1.69. The van der Waals surface area contributed by atoms with Gasteiger partial charge in [-0.05, 0) is 0 Å². The number of hydrogen-bond acceptors (Lipinski definition) is 3. The molecule has 3 N–H and O–H groups in total. The highest BCUT2D eigenvalue weighted by atomic mass is 35.5. The van der Waals surface area contributed by atoms with E-state index in [4.69, 9.17) is 5.73 Å². The van der Waals surface area contributed by atoms with Crippen LogP contribution in [-0.2, 0) is 9.59 Å². The minimum Gasteiger partial charge on any atom is -0.326 e. The Morgan fingerprint density at radius 2 is 2.10 bits per heavy atom. The number of halogens is 1. The van der Waals surface area contributed by atoms with E-state index in [1.807, 2.05) is 0 Å². The lowest BCUT2D eigenvalue weighted by Gasteiger charge is -1.89. The first-order valence-electron chi connectivity index (χ1n) is 2.50. The minimum absolute atomic E-state index is 0. The van der Waals surface area contributed by atoms with E-state index in [0.717, 1.165) is 0 Å². The predicted octanol–water partition coefficient (Wildman–Crippen LogP) is -1.05. The van der Waals surface area contributed by atoms with Crippen LogP contribution in [0.25, 0.3) is 0 Å². The summed E-state index contributed by atoms with van der Waals surface area (Å²) in [5.41, 5.74) is 5.45. The number of imide groups is 1. The van der Waals surface area contributed by atoms with Gasteiger partial charge >= 0.3 is 0 Å². The van der Waals surface area contributed by atoms with Crippen LogP contribution in [-0.4, -0.2) is 18.4 Å². The molecule has 2 amide bonds. The number of amides is 2. The number of carbonyl (C=O) groups excluding carboxylic acids is 2. The van der Waals surface area contributed by atoms with E-state index in [2.05, 4.69) is 5.32 Å². The maximum absolute atomic E-state index is 10.5. The van der Waals surface area contributed by atoms with Gasteiger partial charge in [0.15, 0.2) is 0 Å². The van der Waals surface area contributed by atoms with Crippen LogP contribution in [0.5, 0.6) is 0 Å². The third-order valence-corrected chi connectivity index (χ3v) is 1.05. The van der Waals surface area contributed by atoms with E-state index in [9.17, 15) is 9.59 Å². The fraction of sp³-hybridized carbons (Fsp3) is 0.200. The van der Waals surface area contributed by atoms with Gasteiger partial charge in [0, 0.05) is 18.2 Å². The average Bonchev–Trinajstić information content (AvgIpc) is 2.10. The molecule has 0 aromatic rings. The molecule has 0 unspecified atom stereocenters. The number of hydrogen-bond donors (Lipinski definition) is 2. The van der Waals surface area contributed by atoms with Gasteiger partial charge < -0.3 is 5.73 Å². The third kappa shape index (κ3) is 1.55. The summed E-state index contributed by atoms with van der Waals surface area (Å²) in [6, 6.07) is 0. The number of nitrogens with two attached hydrogens (primary N) is 1. The van der Waals surface area contributed by atoms with Crippen LogP contribution in [0.3, 0.4) is 0 Å². The molecular formula is C5H7ClN2O2. The molecule has 0 fully saturated rings. The molecule has 0 aromatic heterocycles. The van der Waals surface area contributed by atoms with E-state index in [1.165, 1.54) is 6.08 Å². The topological polar surface area (TPSA) is 72.2 Å². The maximum atomic E-state index is 10.5. The molecule has 5 heteroatoms. The highest BCUT2D eigenvalue weighted by Gasteiger charge is 2.18. The molecule has 1 heterocycles. The molecule has 1 aliphatic rings. The maximum Gasteiger partial charge on any atom is 0.255 e. The summed E-state index contributed by atoms with van der Waals surface area (Å²) in [5, 5.41) is 2.07. The summed E-state index contributed by atoms with van der Waals surface area (Å²) >= 11 is 0. The first-order chi connectivity index (χ1) is 4.24. The third-order valence-electron chi connectivity index (χ3n) is 1.05. The van der Waals surface area contributed by atoms with Crippen molar-refractivity contribution in [1.29, 1.82) is 0 Å². The summed E-state index contributed by atoms with van der Waals surface area (Å²) in [6.07, 6.45) is 1.21. The van der Waals surface area contributed by atoms with Gasteiger partial charge in [-0.2, -0.15) is 0 Å². The molecule has 0 spiro atoms. The summed E-state index contributed by atoms with van der Waals surface area (Å²) in [5.74, 6) is -0.747. The van der Waals surface area contributed by atoms with Crippen molar-refractivity contribution in [3.8, 4) is 0 Å². The SMILES string of the molecule is Cl.NCC1=CC(=O)NC1=O. The van der Waals surface area contributed by atoms with Gasteiger partial charge in [-0.25, -0.2) is 0 Å². The minimum atomic E-state index is -0.375. The van der Waals surface area contributed by atoms with Crippen LogP contribution in [0, 0.1) is 0 Å². The molecule has 1 aliphatic heterocycles. The first-order valence-corrected chi connectivity index (χ1v) is 2.50. The lowest BCUT2D eigenvalue weighted by Crippen LogP contribution is -2.24. The van der Waals surface area contributed by atoms with Crippen LogP contribution in [0.1, 0.15) is 0 Å². The standard InChI is InChI=1S/C5H6N2O2.ClH/c6-2-3-1-4(8)7-5(3)9;/h1H,2,6H2,(H,7,8,9);1H. The highest BCUT2D eigenvalue weighted by molar-refractivity contribution is 6.16. The van der Waals surface area contributed by atoms with Gasteiger partial charge in [0.05, 0.1) is 0 Å². The van der Waals surface area contributed by atoms with Crippen molar-refractivity contribution >= 4 is 24.2 Å². The molecule has 10 heavy (non-hydrogen) atoms. The molecule has 0 saturated carbocycles. The van der Waals surface area contributed by atoms with Gasteiger partial charge in [-0.3, -0.25) is 14.9 Å². The van der Waals surface area contributed by atoms with E-state index < -0.39 is 0 Å². The Kier molecular flexibility index (Phi) is 3.05. The molecule has 4 nitrogen and oxygen atoms in total. The van der Waals surface area contributed by atoms with Gasteiger partial charge in [-0.1, -0.05) is 0 Å². The van der Waals surface area contributed by atoms with Crippen LogP contribution in [0.15, 0.2) is 11.6 Å². The molecular weight excluding hydrogens is 156 g/mol. The lowest BCUT2D eigenvalue weighted by molar-refractivity contribution is -0.123. The fourth-order valence-electron chi connectivity index (χ4n) is 0.604. The van der Waals surface area contributed by atoms with Crippen molar-refractivity contribution in [1.82, 2.24) is 5.32 Å². The van der Waals surface area contributed by atoms with Gasteiger partial charge in [0.2, 0.25) is 0 Å². The van der Waals surface area contributed by atoms with Crippen LogP contribution in [0.2, 0.25) is 0 Å². The second-order valence-electron chi connectivity index (χ2n) is 1.69. The van der Waals surface area contributed by atoms with Crippen molar-refractivity contribution in [2.75, 3.05) is 6.54 Å². The van der Waals surface area contributed by atoms with Crippen molar-refractivity contribution in [2.24, 2.45) is 5.73 Å². The summed E-state index contributed by atoms with van der Waals surface area (Å²) in [7, 11) is 0. The van der Waals surface area contributed by atoms with E-state index >= 15 is 0 Å². The Hall–Kier alpha value is -0.870. The Morgan fingerprint density at radius 1 is 1.50 bits per heavy atom. The molecule has 0 saturated heterocycles. The van der Waals surface area contributed by atoms with E-state index in [1.54, 1.807) is 0 Å². The summed E-state index contributed by atoms with van der Waals surface area (Å²) < 4.78 is 0. The number of rotatable bonds is 1. The molecule has 0 aromatic carbocycles. The van der Waals surface area contributed by atoms with Gasteiger partial charge in [0.25, 0.3) is 11.8 Å². The van der Waals surface area contributed by atoms with Crippen molar-refractivity contribution in [2.45, 2.75) is 0 Å². The van der Waals surface area contributed by atoms with E-state index in [0.29, 0.717) is 5.57 Å². The zero-order valence-electron chi connectivity index (χ0n) is 5.09. The van der Waals surface area contributed by atoms with Crippen LogP contribution < -0.4 is 11.1 Å². The summed E-state index contributed by atoms with van der Waals surface area (Å²) in [6.45, 7) is 0.123. The molecule has 0 atom stereocenters. The van der Waals surface area contributed by atoms with Crippen molar-refractivity contribution in [3.63, 3.8) is 0 Å². The molecule has 0 radical (unpaired) electrons. The van der Waals surface area contributed by atoms with Crippen LogP contribution in [0.4, 0.5) is 0 Å². The second kappa shape index (κ2) is 3.34. The van der Waals surface area contributed by atoms with Gasteiger partial charge in [-0.15, -0.1) is 12.4 Å². The first kappa shape index (κ1) is 9.13. The van der Waals surface area contributed by atoms with Crippen LogP contribution >= 0.6 is 12.4 Å². The smallest absolute Gasteiger partial charge is 0.255 e. The Morgan fingerprint density at radius 3 is 2.30 bits per heavy atom. The molecule has 1 rings (SSSR count). The number of carbonyl (C=O) groups is 2. The Labute approximate surface area is 63.9 Å². The van der Waals surface area contributed by atoms with Gasteiger partial charge in [0.1, 0.15) is 0 Å².